The lowest BCUT2D eigenvalue weighted by Gasteiger charge is -2.07. The van der Waals surface area contributed by atoms with Gasteiger partial charge in [0.1, 0.15) is 10.6 Å². The molecule has 0 fully saturated rings. The van der Waals surface area contributed by atoms with Gasteiger partial charge in [-0.25, -0.2) is 4.98 Å². The normalized spacial score (nSPS) is 11.1. The standard InChI is InChI=1S/C24H24N2O2S2/c1-3-17-7-11-19(12-8-17)28-13-4-14-29-24-25-22(27)21-20(15-30-23(21)26-24)18-9-5-16(2)6-10-18/h5-12,15H,3-4,13-14H2,1-2H3,(H,25,26,27). The maximum absolute atomic E-state index is 12.7. The van der Waals surface area contributed by atoms with Crippen LogP contribution in [0.1, 0.15) is 24.5 Å². The van der Waals surface area contributed by atoms with E-state index in [1.165, 1.54) is 22.5 Å². The monoisotopic (exact) mass is 436 g/mol. The van der Waals surface area contributed by atoms with E-state index in [4.69, 9.17) is 4.74 Å². The molecule has 6 heteroatoms. The zero-order chi connectivity index (χ0) is 20.9. The minimum absolute atomic E-state index is 0.0772. The summed E-state index contributed by atoms with van der Waals surface area (Å²) in [6, 6.07) is 16.4. The highest BCUT2D eigenvalue weighted by Gasteiger charge is 2.13. The van der Waals surface area contributed by atoms with Crippen LogP contribution >= 0.6 is 23.1 Å². The summed E-state index contributed by atoms with van der Waals surface area (Å²) in [6.45, 7) is 4.84. The van der Waals surface area contributed by atoms with Gasteiger partial charge in [0.2, 0.25) is 0 Å². The number of ether oxygens (including phenoxy) is 1. The Kier molecular flexibility index (Phi) is 6.55. The molecule has 4 rings (SSSR count). The Morgan fingerprint density at radius 1 is 1.10 bits per heavy atom. The zero-order valence-corrected chi connectivity index (χ0v) is 18.7. The van der Waals surface area contributed by atoms with E-state index < -0.39 is 0 Å². The van der Waals surface area contributed by atoms with Crippen molar-refractivity contribution in [3.63, 3.8) is 0 Å². The van der Waals surface area contributed by atoms with E-state index in [1.54, 1.807) is 11.8 Å². The summed E-state index contributed by atoms with van der Waals surface area (Å²) in [6.07, 6.45) is 1.91. The topological polar surface area (TPSA) is 55.0 Å². The van der Waals surface area contributed by atoms with Crippen molar-refractivity contribution < 1.29 is 4.74 Å². The number of aromatic amines is 1. The first-order valence-corrected chi connectivity index (χ1v) is 11.9. The molecule has 0 saturated heterocycles. The van der Waals surface area contributed by atoms with Crippen molar-refractivity contribution in [3.05, 3.63) is 75.4 Å². The molecule has 4 aromatic rings. The lowest BCUT2D eigenvalue weighted by molar-refractivity contribution is 0.318. The Hall–Kier alpha value is -2.57. The number of hydrogen-bond acceptors (Lipinski definition) is 5. The first kappa shape index (κ1) is 20.7. The molecule has 0 radical (unpaired) electrons. The number of benzene rings is 2. The number of nitrogens with zero attached hydrogens (tertiary/aromatic N) is 1. The molecule has 1 N–H and O–H groups in total. The molecule has 0 saturated carbocycles. The summed E-state index contributed by atoms with van der Waals surface area (Å²) < 4.78 is 5.79. The van der Waals surface area contributed by atoms with Crippen LogP contribution in [0, 0.1) is 6.92 Å². The van der Waals surface area contributed by atoms with Gasteiger partial charge in [-0.1, -0.05) is 60.6 Å². The summed E-state index contributed by atoms with van der Waals surface area (Å²) in [4.78, 5) is 21.1. The van der Waals surface area contributed by atoms with E-state index in [-0.39, 0.29) is 5.56 Å². The van der Waals surface area contributed by atoms with Gasteiger partial charge in [-0.3, -0.25) is 4.79 Å². The maximum Gasteiger partial charge on any atom is 0.260 e. The molecule has 0 atom stereocenters. The van der Waals surface area contributed by atoms with Gasteiger partial charge in [0.05, 0.1) is 12.0 Å². The van der Waals surface area contributed by atoms with E-state index in [0.717, 1.165) is 40.3 Å². The van der Waals surface area contributed by atoms with Gasteiger partial charge < -0.3 is 9.72 Å². The van der Waals surface area contributed by atoms with E-state index >= 15 is 0 Å². The second-order valence-corrected chi connectivity index (χ2v) is 9.06. The van der Waals surface area contributed by atoms with Gasteiger partial charge in [-0.05, 0) is 43.0 Å². The van der Waals surface area contributed by atoms with Gasteiger partial charge in [0.25, 0.3) is 5.56 Å². The fourth-order valence-corrected chi connectivity index (χ4v) is 4.96. The van der Waals surface area contributed by atoms with Crippen molar-refractivity contribution in [2.75, 3.05) is 12.4 Å². The number of aromatic nitrogens is 2. The minimum atomic E-state index is -0.0772. The first-order valence-electron chi connectivity index (χ1n) is 10.1. The lowest BCUT2D eigenvalue weighted by atomic mass is 10.1. The quantitative estimate of drug-likeness (QED) is 0.206. The molecule has 0 aliphatic rings. The number of fused-ring (bicyclic) bond motifs is 1. The van der Waals surface area contributed by atoms with Crippen LogP contribution in [0.4, 0.5) is 0 Å². The van der Waals surface area contributed by atoms with Crippen LogP contribution in [0.3, 0.4) is 0 Å². The van der Waals surface area contributed by atoms with Gasteiger partial charge in [0.15, 0.2) is 5.16 Å². The lowest BCUT2D eigenvalue weighted by Crippen LogP contribution is -2.09. The predicted octanol–water partition coefficient (Wildman–Crippen LogP) is 6.08. The van der Waals surface area contributed by atoms with Crippen LogP contribution in [-0.2, 0) is 6.42 Å². The van der Waals surface area contributed by atoms with Gasteiger partial charge >= 0.3 is 0 Å². The molecule has 0 aliphatic carbocycles. The molecule has 0 aliphatic heterocycles. The van der Waals surface area contributed by atoms with Crippen molar-refractivity contribution in [3.8, 4) is 16.9 Å². The number of thiophene rings is 1. The molecule has 0 amide bonds. The van der Waals surface area contributed by atoms with Crippen LogP contribution < -0.4 is 10.3 Å². The second-order valence-electron chi connectivity index (χ2n) is 7.11. The van der Waals surface area contributed by atoms with Crippen LogP contribution in [0.2, 0.25) is 0 Å². The van der Waals surface area contributed by atoms with Gasteiger partial charge in [-0.2, -0.15) is 0 Å². The second kappa shape index (κ2) is 9.49. The fraction of sp³-hybridized carbons (Fsp3) is 0.250. The number of nitrogens with one attached hydrogen (secondary N) is 1. The van der Waals surface area contributed by atoms with Gasteiger partial charge in [0, 0.05) is 16.7 Å². The summed E-state index contributed by atoms with van der Waals surface area (Å²) in [5.41, 5.74) is 4.42. The smallest absolute Gasteiger partial charge is 0.260 e. The van der Waals surface area contributed by atoms with Crippen LogP contribution in [-0.4, -0.2) is 22.3 Å². The molecule has 0 bridgehead atoms. The van der Waals surface area contributed by atoms with Crippen molar-refractivity contribution in [1.29, 1.82) is 0 Å². The fourth-order valence-electron chi connectivity index (χ4n) is 3.18. The third-order valence-corrected chi connectivity index (χ3v) is 6.74. The zero-order valence-electron chi connectivity index (χ0n) is 17.1. The van der Waals surface area contributed by atoms with E-state index in [2.05, 4.69) is 60.2 Å². The molecule has 4 nitrogen and oxygen atoms in total. The molecule has 2 heterocycles. The average molecular weight is 437 g/mol. The highest BCUT2D eigenvalue weighted by Crippen LogP contribution is 2.31. The highest BCUT2D eigenvalue weighted by molar-refractivity contribution is 7.99. The maximum atomic E-state index is 12.7. The van der Waals surface area contributed by atoms with Gasteiger partial charge in [-0.15, -0.1) is 11.3 Å². The van der Waals surface area contributed by atoms with E-state index in [9.17, 15) is 4.79 Å². The predicted molar refractivity (Wildman–Crippen MR) is 127 cm³/mol. The van der Waals surface area contributed by atoms with Crippen LogP contribution in [0.15, 0.2) is 63.9 Å². The summed E-state index contributed by atoms with van der Waals surface area (Å²) >= 11 is 3.07. The van der Waals surface area contributed by atoms with Crippen molar-refractivity contribution in [2.24, 2.45) is 0 Å². The summed E-state index contributed by atoms with van der Waals surface area (Å²) in [5.74, 6) is 1.73. The number of H-pyrrole nitrogens is 1. The highest BCUT2D eigenvalue weighted by atomic mass is 32.2. The number of hydrogen-bond donors (Lipinski definition) is 1. The van der Waals surface area contributed by atoms with E-state index in [0.29, 0.717) is 17.1 Å². The molecule has 0 spiro atoms. The molecule has 154 valence electrons. The molecule has 2 aromatic heterocycles. The number of rotatable bonds is 8. The van der Waals surface area contributed by atoms with Crippen LogP contribution in [0.25, 0.3) is 21.3 Å². The van der Waals surface area contributed by atoms with Crippen molar-refractivity contribution in [1.82, 2.24) is 9.97 Å². The number of thioether (sulfide) groups is 1. The largest absolute Gasteiger partial charge is 0.494 e. The molecule has 0 unspecified atom stereocenters. The van der Waals surface area contributed by atoms with Crippen molar-refractivity contribution in [2.45, 2.75) is 31.8 Å². The molecule has 30 heavy (non-hydrogen) atoms. The van der Waals surface area contributed by atoms with E-state index in [1.807, 2.05) is 17.5 Å². The average Bonchev–Trinajstić information content (AvgIpc) is 3.19. The molecular formula is C24H24N2O2S2. The Morgan fingerprint density at radius 3 is 2.60 bits per heavy atom. The Morgan fingerprint density at radius 2 is 1.87 bits per heavy atom. The van der Waals surface area contributed by atoms with Crippen LogP contribution in [0.5, 0.6) is 5.75 Å². The molecular weight excluding hydrogens is 412 g/mol. The first-order chi connectivity index (χ1) is 14.6. The third-order valence-electron chi connectivity index (χ3n) is 4.91. The minimum Gasteiger partial charge on any atom is -0.494 e. The number of aryl methyl sites for hydroxylation is 2. The molecule has 2 aromatic carbocycles. The third kappa shape index (κ3) is 4.77. The summed E-state index contributed by atoms with van der Waals surface area (Å²) in [7, 11) is 0. The SMILES string of the molecule is CCc1ccc(OCCCSc2nc3scc(-c4ccc(C)cc4)c3c(=O)[nH]2)cc1. The Bertz CT molecular complexity index is 1180. The van der Waals surface area contributed by atoms with Crippen molar-refractivity contribution >= 4 is 33.3 Å². The Balaban J connectivity index is 1.37. The Labute approximate surface area is 184 Å². The summed E-state index contributed by atoms with van der Waals surface area (Å²) in [5, 5.41) is 3.35.